The molecule has 1 fully saturated rings. The number of piperazine rings is 1. The highest BCUT2D eigenvalue weighted by Gasteiger charge is 2.19. The number of unbranched alkanes of at least 4 members (excludes halogenated alkanes) is 1. The van der Waals surface area contributed by atoms with Crippen molar-refractivity contribution in [3.05, 3.63) is 72.1 Å². The number of ether oxygens (including phenoxy) is 1. The normalized spacial score (nSPS) is 14.8. The summed E-state index contributed by atoms with van der Waals surface area (Å²) in [5.41, 5.74) is 4.86. The van der Waals surface area contributed by atoms with Gasteiger partial charge in [-0.05, 0) is 62.1 Å². The second-order valence-corrected chi connectivity index (χ2v) is 8.92. The first-order valence-electron chi connectivity index (χ1n) is 11.9. The van der Waals surface area contributed by atoms with Crippen LogP contribution in [-0.4, -0.2) is 54.5 Å². The Balaban J connectivity index is 1.27. The van der Waals surface area contributed by atoms with Crippen LogP contribution in [0.5, 0.6) is 5.75 Å². The SMILES string of the molecule is COc1ccccc1N1CCN(CCCCc2cc(C(C)C)nn2-c2ccccc2)CC1. The second-order valence-electron chi connectivity index (χ2n) is 8.92. The standard InChI is InChI=1S/C27H36N4O/c1-22(2)25-21-24(31(28-25)23-11-5-4-6-12-23)13-9-10-16-29-17-19-30(20-18-29)26-14-7-8-15-27(26)32-3/h4-8,11-12,14-15,21-22H,9-10,13,16-20H2,1-3H3. The molecule has 3 aromatic rings. The van der Waals surface area contributed by atoms with E-state index in [0.29, 0.717) is 5.92 Å². The van der Waals surface area contributed by atoms with Gasteiger partial charge in [0.2, 0.25) is 0 Å². The molecule has 0 spiro atoms. The van der Waals surface area contributed by atoms with Crippen molar-refractivity contribution < 1.29 is 4.74 Å². The summed E-state index contributed by atoms with van der Waals surface area (Å²) in [6.45, 7) is 9.92. The molecule has 170 valence electrons. The highest BCUT2D eigenvalue weighted by molar-refractivity contribution is 5.58. The lowest BCUT2D eigenvalue weighted by Crippen LogP contribution is -2.46. The molecule has 0 radical (unpaired) electrons. The van der Waals surface area contributed by atoms with Crippen LogP contribution < -0.4 is 9.64 Å². The predicted octanol–water partition coefficient (Wildman–Crippen LogP) is 5.15. The van der Waals surface area contributed by atoms with E-state index in [1.54, 1.807) is 7.11 Å². The number of aryl methyl sites for hydroxylation is 1. The molecule has 4 rings (SSSR count). The number of rotatable bonds is 9. The van der Waals surface area contributed by atoms with E-state index in [2.05, 4.69) is 76.9 Å². The molecule has 0 bridgehead atoms. The zero-order chi connectivity index (χ0) is 22.3. The minimum atomic E-state index is 0.443. The molecule has 5 nitrogen and oxygen atoms in total. The highest BCUT2D eigenvalue weighted by atomic mass is 16.5. The molecule has 0 unspecified atom stereocenters. The highest BCUT2D eigenvalue weighted by Crippen LogP contribution is 2.28. The molecule has 5 heteroatoms. The van der Waals surface area contributed by atoms with Crippen molar-refractivity contribution >= 4 is 5.69 Å². The van der Waals surface area contributed by atoms with Crippen LogP contribution in [0.25, 0.3) is 5.69 Å². The van der Waals surface area contributed by atoms with E-state index in [0.717, 1.165) is 50.6 Å². The Labute approximate surface area is 192 Å². The predicted molar refractivity (Wildman–Crippen MR) is 132 cm³/mol. The van der Waals surface area contributed by atoms with Gasteiger partial charge in [0.15, 0.2) is 0 Å². The minimum Gasteiger partial charge on any atom is -0.495 e. The van der Waals surface area contributed by atoms with E-state index in [4.69, 9.17) is 9.84 Å². The van der Waals surface area contributed by atoms with Crippen LogP contribution in [0.2, 0.25) is 0 Å². The summed E-state index contributed by atoms with van der Waals surface area (Å²) in [5, 5.41) is 4.89. The van der Waals surface area contributed by atoms with Crippen molar-refractivity contribution in [3.63, 3.8) is 0 Å². The maximum Gasteiger partial charge on any atom is 0.142 e. The zero-order valence-electron chi connectivity index (χ0n) is 19.7. The van der Waals surface area contributed by atoms with Crippen LogP contribution in [0.1, 0.15) is 44.0 Å². The first kappa shape index (κ1) is 22.4. The average Bonchev–Trinajstić information content (AvgIpc) is 3.27. The Morgan fingerprint density at radius 2 is 1.62 bits per heavy atom. The van der Waals surface area contributed by atoms with Crippen LogP contribution in [0, 0.1) is 0 Å². The first-order valence-corrected chi connectivity index (χ1v) is 11.9. The van der Waals surface area contributed by atoms with Gasteiger partial charge in [-0.1, -0.05) is 44.2 Å². The Bertz CT molecular complexity index is 974. The quantitative estimate of drug-likeness (QED) is 0.438. The fourth-order valence-electron chi connectivity index (χ4n) is 4.44. The Kier molecular flexibility index (Phi) is 7.48. The van der Waals surface area contributed by atoms with Crippen molar-refractivity contribution in [1.29, 1.82) is 0 Å². The number of hydrogen-bond acceptors (Lipinski definition) is 4. The third-order valence-corrected chi connectivity index (χ3v) is 6.35. The summed E-state index contributed by atoms with van der Waals surface area (Å²) in [6, 6.07) is 21.1. The number of para-hydroxylation sites is 3. The molecule has 1 saturated heterocycles. The van der Waals surface area contributed by atoms with E-state index in [1.807, 2.05) is 12.1 Å². The Hall–Kier alpha value is -2.79. The summed E-state index contributed by atoms with van der Waals surface area (Å²) >= 11 is 0. The summed E-state index contributed by atoms with van der Waals surface area (Å²) in [5.74, 6) is 1.41. The third-order valence-electron chi connectivity index (χ3n) is 6.35. The van der Waals surface area contributed by atoms with E-state index >= 15 is 0 Å². The maximum absolute atomic E-state index is 5.54. The van der Waals surface area contributed by atoms with Gasteiger partial charge >= 0.3 is 0 Å². The molecule has 1 aromatic heterocycles. The molecule has 2 heterocycles. The monoisotopic (exact) mass is 432 g/mol. The number of anilines is 1. The molecule has 1 aliphatic heterocycles. The van der Waals surface area contributed by atoms with Crippen LogP contribution in [-0.2, 0) is 6.42 Å². The fourth-order valence-corrected chi connectivity index (χ4v) is 4.44. The molecular weight excluding hydrogens is 396 g/mol. The lowest BCUT2D eigenvalue weighted by molar-refractivity contribution is 0.252. The van der Waals surface area contributed by atoms with E-state index in [1.165, 1.54) is 29.9 Å². The summed E-state index contributed by atoms with van der Waals surface area (Å²) in [7, 11) is 1.75. The van der Waals surface area contributed by atoms with Crippen molar-refractivity contribution in [1.82, 2.24) is 14.7 Å². The van der Waals surface area contributed by atoms with Crippen molar-refractivity contribution in [2.24, 2.45) is 0 Å². The number of hydrogen-bond donors (Lipinski definition) is 0. The number of benzene rings is 2. The topological polar surface area (TPSA) is 33.5 Å². The smallest absolute Gasteiger partial charge is 0.142 e. The molecule has 0 N–H and O–H groups in total. The van der Waals surface area contributed by atoms with Gasteiger partial charge in [-0.15, -0.1) is 0 Å². The first-order chi connectivity index (χ1) is 15.7. The van der Waals surface area contributed by atoms with Crippen molar-refractivity contribution in [3.8, 4) is 11.4 Å². The lowest BCUT2D eigenvalue weighted by Gasteiger charge is -2.36. The number of methoxy groups -OCH3 is 1. The molecule has 0 saturated carbocycles. The van der Waals surface area contributed by atoms with Gasteiger partial charge in [0.25, 0.3) is 0 Å². The van der Waals surface area contributed by atoms with E-state index in [9.17, 15) is 0 Å². The summed E-state index contributed by atoms with van der Waals surface area (Å²) in [6.07, 6.45) is 3.46. The molecule has 0 aliphatic carbocycles. The Morgan fingerprint density at radius 3 is 2.34 bits per heavy atom. The van der Waals surface area contributed by atoms with Gasteiger partial charge in [-0.3, -0.25) is 4.90 Å². The molecule has 0 amide bonds. The van der Waals surface area contributed by atoms with Crippen LogP contribution >= 0.6 is 0 Å². The fraction of sp³-hybridized carbons (Fsp3) is 0.444. The van der Waals surface area contributed by atoms with Crippen LogP contribution in [0.15, 0.2) is 60.7 Å². The molecular formula is C27H36N4O. The zero-order valence-corrected chi connectivity index (χ0v) is 19.7. The van der Waals surface area contributed by atoms with Gasteiger partial charge in [-0.2, -0.15) is 5.10 Å². The van der Waals surface area contributed by atoms with Crippen LogP contribution in [0.3, 0.4) is 0 Å². The molecule has 2 aromatic carbocycles. The summed E-state index contributed by atoms with van der Waals surface area (Å²) in [4.78, 5) is 5.04. The van der Waals surface area contributed by atoms with E-state index in [-0.39, 0.29) is 0 Å². The third kappa shape index (κ3) is 5.33. The molecule has 0 atom stereocenters. The maximum atomic E-state index is 5.54. The number of aromatic nitrogens is 2. The molecule has 32 heavy (non-hydrogen) atoms. The lowest BCUT2D eigenvalue weighted by atomic mass is 10.1. The molecule has 1 aliphatic rings. The van der Waals surface area contributed by atoms with Crippen molar-refractivity contribution in [2.75, 3.05) is 44.7 Å². The number of nitrogens with zero attached hydrogens (tertiary/aromatic N) is 4. The summed E-state index contributed by atoms with van der Waals surface area (Å²) < 4.78 is 7.68. The van der Waals surface area contributed by atoms with Gasteiger partial charge in [0.1, 0.15) is 5.75 Å². The largest absolute Gasteiger partial charge is 0.495 e. The van der Waals surface area contributed by atoms with Gasteiger partial charge in [0, 0.05) is 31.9 Å². The van der Waals surface area contributed by atoms with Crippen LogP contribution in [0.4, 0.5) is 5.69 Å². The minimum absolute atomic E-state index is 0.443. The Morgan fingerprint density at radius 1 is 0.906 bits per heavy atom. The van der Waals surface area contributed by atoms with Gasteiger partial charge < -0.3 is 9.64 Å². The van der Waals surface area contributed by atoms with E-state index < -0.39 is 0 Å². The van der Waals surface area contributed by atoms with Gasteiger partial charge in [-0.25, -0.2) is 4.68 Å². The van der Waals surface area contributed by atoms with Gasteiger partial charge in [0.05, 0.1) is 24.2 Å². The average molecular weight is 433 g/mol. The van der Waals surface area contributed by atoms with Crippen molar-refractivity contribution in [2.45, 2.75) is 39.0 Å². The second kappa shape index (κ2) is 10.7.